The SMILES string of the molecule is COC(OC)[C@H]1O[C@H](COS(=O)(=O)c2ccc(C)cc2)[C@@H](OS(=O)(=O)c2ccc(C)cc2)[C@H]1N=[N+]=[N-]. The fraction of sp³-hybridized carbons (Fsp3) is 0.455. The van der Waals surface area contributed by atoms with Crippen LogP contribution in [0.1, 0.15) is 11.1 Å². The summed E-state index contributed by atoms with van der Waals surface area (Å²) in [5, 5.41) is 3.66. The Morgan fingerprint density at radius 1 is 0.917 bits per heavy atom. The predicted molar refractivity (Wildman–Crippen MR) is 127 cm³/mol. The van der Waals surface area contributed by atoms with Gasteiger partial charge < -0.3 is 14.2 Å². The lowest BCUT2D eigenvalue weighted by Gasteiger charge is -2.24. The molecule has 196 valence electrons. The summed E-state index contributed by atoms with van der Waals surface area (Å²) in [4.78, 5) is 2.55. The van der Waals surface area contributed by atoms with E-state index in [9.17, 15) is 16.8 Å². The molecule has 0 spiro atoms. The summed E-state index contributed by atoms with van der Waals surface area (Å²) in [5.41, 5.74) is 10.8. The zero-order valence-electron chi connectivity index (χ0n) is 20.0. The Kier molecular flexibility index (Phi) is 9.08. The van der Waals surface area contributed by atoms with Crippen LogP contribution in [0.4, 0.5) is 0 Å². The van der Waals surface area contributed by atoms with E-state index in [0.717, 1.165) is 11.1 Å². The van der Waals surface area contributed by atoms with Crippen molar-refractivity contribution in [2.75, 3.05) is 20.8 Å². The van der Waals surface area contributed by atoms with Crippen molar-refractivity contribution in [3.05, 3.63) is 70.1 Å². The highest BCUT2D eigenvalue weighted by Crippen LogP contribution is 2.33. The van der Waals surface area contributed by atoms with Gasteiger partial charge in [-0.3, -0.25) is 8.37 Å². The molecule has 0 radical (unpaired) electrons. The van der Waals surface area contributed by atoms with Gasteiger partial charge in [0, 0.05) is 19.1 Å². The largest absolute Gasteiger partial charge is 0.364 e. The third kappa shape index (κ3) is 6.41. The van der Waals surface area contributed by atoms with Crippen molar-refractivity contribution in [3.8, 4) is 0 Å². The van der Waals surface area contributed by atoms with Gasteiger partial charge in [-0.15, -0.1) is 0 Å². The summed E-state index contributed by atoms with van der Waals surface area (Å²) < 4.78 is 78.4. The Morgan fingerprint density at radius 3 is 1.89 bits per heavy atom. The minimum absolute atomic E-state index is 0.0920. The van der Waals surface area contributed by atoms with Crippen molar-refractivity contribution in [1.29, 1.82) is 0 Å². The molecule has 2 aromatic rings. The molecular formula is C22H27N3O9S2. The van der Waals surface area contributed by atoms with E-state index in [1.165, 1.54) is 38.5 Å². The highest BCUT2D eigenvalue weighted by atomic mass is 32.2. The maximum absolute atomic E-state index is 13.0. The van der Waals surface area contributed by atoms with Gasteiger partial charge in [0.2, 0.25) is 0 Å². The summed E-state index contributed by atoms with van der Waals surface area (Å²) in [5.74, 6) is 0. The second-order valence-corrected chi connectivity index (χ2v) is 11.2. The molecule has 0 aliphatic carbocycles. The standard InChI is InChI=1S/C22H27N3O9S2/c1-14-5-9-16(10-6-14)35(26,27)32-13-18-20(19(24-25-23)21(33-18)22(30-3)31-4)34-36(28,29)17-11-7-15(2)8-12-17/h5-12,18-22H,13H2,1-4H3/t18-,19-,20-,21+/m1/s1. The lowest BCUT2D eigenvalue weighted by atomic mass is 10.1. The van der Waals surface area contributed by atoms with Crippen LogP contribution in [0.3, 0.4) is 0 Å². The van der Waals surface area contributed by atoms with Gasteiger partial charge in [0.15, 0.2) is 6.29 Å². The molecule has 14 heteroatoms. The number of benzene rings is 2. The van der Waals surface area contributed by atoms with Crippen molar-refractivity contribution in [2.45, 2.75) is 54.3 Å². The number of nitrogens with zero attached hydrogens (tertiary/aromatic N) is 3. The normalized spacial score (nSPS) is 22.5. The first kappa shape index (κ1) is 28.0. The first-order valence-corrected chi connectivity index (χ1v) is 13.6. The Balaban J connectivity index is 1.93. The van der Waals surface area contributed by atoms with Crippen molar-refractivity contribution in [2.24, 2.45) is 5.11 Å². The van der Waals surface area contributed by atoms with E-state index in [4.69, 9.17) is 28.1 Å². The fourth-order valence-electron chi connectivity index (χ4n) is 3.64. The Hall–Kier alpha value is -2.55. The zero-order valence-corrected chi connectivity index (χ0v) is 21.7. The molecule has 36 heavy (non-hydrogen) atoms. The topological polar surface area (TPSA) is 163 Å². The van der Waals surface area contributed by atoms with Gasteiger partial charge in [-0.1, -0.05) is 40.5 Å². The summed E-state index contributed by atoms with van der Waals surface area (Å²) >= 11 is 0. The smallest absolute Gasteiger partial charge is 0.297 e. The van der Waals surface area contributed by atoms with Crippen LogP contribution >= 0.6 is 0 Å². The first-order chi connectivity index (χ1) is 17.0. The third-order valence-corrected chi connectivity index (χ3v) is 8.15. The van der Waals surface area contributed by atoms with E-state index in [2.05, 4.69) is 10.0 Å². The average Bonchev–Trinajstić information content (AvgIpc) is 3.16. The van der Waals surface area contributed by atoms with Crippen LogP contribution < -0.4 is 0 Å². The second kappa shape index (κ2) is 11.7. The maximum Gasteiger partial charge on any atom is 0.297 e. The highest BCUT2D eigenvalue weighted by Gasteiger charge is 2.51. The molecule has 1 aliphatic heterocycles. The molecule has 1 saturated heterocycles. The maximum atomic E-state index is 13.0. The minimum Gasteiger partial charge on any atom is -0.364 e. The van der Waals surface area contributed by atoms with E-state index in [0.29, 0.717) is 0 Å². The number of aryl methyl sites for hydroxylation is 2. The Labute approximate surface area is 210 Å². The quantitative estimate of drug-likeness (QED) is 0.137. The molecular weight excluding hydrogens is 514 g/mol. The van der Waals surface area contributed by atoms with Crippen molar-refractivity contribution in [1.82, 2.24) is 0 Å². The van der Waals surface area contributed by atoms with Crippen molar-refractivity contribution in [3.63, 3.8) is 0 Å². The van der Waals surface area contributed by atoms with Crippen molar-refractivity contribution < 1.29 is 39.4 Å². The van der Waals surface area contributed by atoms with Crippen LogP contribution in [0.15, 0.2) is 63.4 Å². The molecule has 0 N–H and O–H groups in total. The van der Waals surface area contributed by atoms with E-state index in [-0.39, 0.29) is 9.79 Å². The van der Waals surface area contributed by atoms with Gasteiger partial charge in [0.1, 0.15) is 18.3 Å². The number of ether oxygens (including phenoxy) is 3. The number of rotatable bonds is 11. The molecule has 12 nitrogen and oxygen atoms in total. The highest BCUT2D eigenvalue weighted by molar-refractivity contribution is 7.87. The predicted octanol–water partition coefficient (Wildman–Crippen LogP) is 2.85. The number of hydrogen-bond donors (Lipinski definition) is 0. The Bertz CT molecular complexity index is 1290. The molecule has 0 bridgehead atoms. The molecule has 0 amide bonds. The molecule has 1 aliphatic rings. The molecule has 0 aromatic heterocycles. The van der Waals surface area contributed by atoms with Crippen molar-refractivity contribution >= 4 is 20.2 Å². The monoisotopic (exact) mass is 541 g/mol. The van der Waals surface area contributed by atoms with Crippen LogP contribution in [0.5, 0.6) is 0 Å². The molecule has 1 heterocycles. The van der Waals surface area contributed by atoms with Crippen LogP contribution in [0.25, 0.3) is 10.4 Å². The number of hydrogen-bond acceptors (Lipinski definition) is 10. The van der Waals surface area contributed by atoms with Crippen LogP contribution in [-0.4, -0.2) is 68.3 Å². The summed E-state index contributed by atoms with van der Waals surface area (Å²) in [6, 6.07) is 10.6. The molecule has 1 fully saturated rings. The van der Waals surface area contributed by atoms with E-state index >= 15 is 0 Å². The van der Waals surface area contributed by atoms with Gasteiger partial charge in [0.25, 0.3) is 20.2 Å². The van der Waals surface area contributed by atoms with Gasteiger partial charge >= 0.3 is 0 Å². The molecule has 2 aromatic carbocycles. The lowest BCUT2D eigenvalue weighted by molar-refractivity contribution is -0.180. The molecule has 4 atom stereocenters. The van der Waals surface area contributed by atoms with E-state index < -0.39 is 57.5 Å². The van der Waals surface area contributed by atoms with Gasteiger partial charge in [-0.05, 0) is 43.6 Å². The average molecular weight is 542 g/mol. The minimum atomic E-state index is -4.37. The number of methoxy groups -OCH3 is 2. The van der Waals surface area contributed by atoms with Crippen LogP contribution in [0, 0.1) is 13.8 Å². The summed E-state index contributed by atoms with van der Waals surface area (Å²) in [6.45, 7) is 2.97. The molecule has 0 saturated carbocycles. The number of azide groups is 1. The van der Waals surface area contributed by atoms with E-state index in [1.54, 1.807) is 38.1 Å². The Morgan fingerprint density at radius 2 is 1.42 bits per heavy atom. The fourth-order valence-corrected chi connectivity index (χ4v) is 5.67. The first-order valence-electron chi connectivity index (χ1n) is 10.7. The van der Waals surface area contributed by atoms with Gasteiger partial charge in [0.05, 0.1) is 22.4 Å². The summed E-state index contributed by atoms with van der Waals surface area (Å²) in [7, 11) is -5.96. The molecule has 3 rings (SSSR count). The third-order valence-electron chi connectivity index (χ3n) is 5.53. The second-order valence-electron chi connectivity index (χ2n) is 8.05. The van der Waals surface area contributed by atoms with Gasteiger partial charge in [-0.25, -0.2) is 0 Å². The summed E-state index contributed by atoms with van der Waals surface area (Å²) in [6.07, 6.45) is -4.92. The van der Waals surface area contributed by atoms with Crippen LogP contribution in [-0.2, 0) is 42.8 Å². The zero-order chi connectivity index (χ0) is 26.5. The van der Waals surface area contributed by atoms with Gasteiger partial charge in [-0.2, -0.15) is 16.8 Å². The van der Waals surface area contributed by atoms with Crippen LogP contribution in [0.2, 0.25) is 0 Å². The van der Waals surface area contributed by atoms with E-state index in [1.807, 2.05) is 0 Å². The molecule has 0 unspecified atom stereocenters. The lowest BCUT2D eigenvalue weighted by Crippen LogP contribution is -2.41.